The third kappa shape index (κ3) is 2.88. The highest BCUT2D eigenvalue weighted by Crippen LogP contribution is 2.14. The molecule has 1 aromatic heterocycles. The Morgan fingerprint density at radius 2 is 1.83 bits per heavy atom. The lowest BCUT2D eigenvalue weighted by atomic mass is 10.1. The first kappa shape index (κ1) is 12.2. The summed E-state index contributed by atoms with van der Waals surface area (Å²) in [5.74, 6) is 0.650. The van der Waals surface area contributed by atoms with Crippen LogP contribution in [0.15, 0.2) is 30.5 Å². The van der Waals surface area contributed by atoms with Gasteiger partial charge in [0.15, 0.2) is 0 Å². The van der Waals surface area contributed by atoms with E-state index in [0.717, 1.165) is 16.8 Å². The standard InChI is InChI=1S/C13H16N4O/c1-9-6-10(2)8-11(7-9)15-13(18)16-12-4-5-14-17(12)3/h4-8H,1-3H3,(H2,15,16,18). The Balaban J connectivity index is 2.05. The van der Waals surface area contributed by atoms with Gasteiger partial charge in [0, 0.05) is 18.8 Å². The number of carbonyl (C=O) groups is 1. The predicted molar refractivity (Wildman–Crippen MR) is 71.8 cm³/mol. The number of benzene rings is 1. The molecule has 18 heavy (non-hydrogen) atoms. The van der Waals surface area contributed by atoms with E-state index in [1.807, 2.05) is 26.0 Å². The summed E-state index contributed by atoms with van der Waals surface area (Å²) in [6.07, 6.45) is 1.63. The molecule has 0 aliphatic heterocycles. The van der Waals surface area contributed by atoms with Gasteiger partial charge in [-0.3, -0.25) is 10.00 Å². The first-order valence-electron chi connectivity index (χ1n) is 5.69. The minimum Gasteiger partial charge on any atom is -0.308 e. The molecule has 0 unspecified atom stereocenters. The Labute approximate surface area is 106 Å². The normalized spacial score (nSPS) is 10.2. The molecule has 0 bridgehead atoms. The fourth-order valence-corrected chi connectivity index (χ4v) is 1.82. The van der Waals surface area contributed by atoms with E-state index < -0.39 is 0 Å². The first-order chi connectivity index (χ1) is 8.54. The number of aryl methyl sites for hydroxylation is 3. The Morgan fingerprint density at radius 3 is 2.39 bits per heavy atom. The maximum absolute atomic E-state index is 11.8. The van der Waals surface area contributed by atoms with Crippen molar-refractivity contribution >= 4 is 17.5 Å². The lowest BCUT2D eigenvalue weighted by Gasteiger charge is -2.09. The number of nitrogens with zero attached hydrogens (tertiary/aromatic N) is 2. The second-order valence-corrected chi connectivity index (χ2v) is 4.30. The molecule has 0 saturated heterocycles. The van der Waals surface area contributed by atoms with Crippen molar-refractivity contribution in [2.45, 2.75) is 13.8 Å². The van der Waals surface area contributed by atoms with Crippen LogP contribution >= 0.6 is 0 Å². The molecule has 5 heteroatoms. The molecule has 0 aliphatic carbocycles. The Bertz CT molecular complexity index is 554. The molecule has 5 nitrogen and oxygen atoms in total. The molecule has 1 heterocycles. The van der Waals surface area contributed by atoms with Gasteiger partial charge in [-0.25, -0.2) is 4.79 Å². The number of rotatable bonds is 2. The molecule has 0 radical (unpaired) electrons. The van der Waals surface area contributed by atoms with Crippen LogP contribution in [-0.2, 0) is 7.05 Å². The summed E-state index contributed by atoms with van der Waals surface area (Å²) >= 11 is 0. The average Bonchev–Trinajstić information content (AvgIpc) is 2.62. The fraction of sp³-hybridized carbons (Fsp3) is 0.231. The summed E-state index contributed by atoms with van der Waals surface area (Å²) in [5, 5.41) is 9.51. The molecule has 0 atom stereocenters. The molecule has 1 aromatic carbocycles. The molecular formula is C13H16N4O. The molecule has 0 aliphatic rings. The number of hydrogen-bond acceptors (Lipinski definition) is 2. The number of aromatic nitrogens is 2. The molecular weight excluding hydrogens is 228 g/mol. The third-order valence-corrected chi connectivity index (χ3v) is 2.54. The number of anilines is 2. The average molecular weight is 244 g/mol. The molecule has 0 saturated carbocycles. The van der Waals surface area contributed by atoms with Crippen molar-refractivity contribution in [2.75, 3.05) is 10.6 Å². The SMILES string of the molecule is Cc1cc(C)cc(NC(=O)Nc2ccnn2C)c1. The highest BCUT2D eigenvalue weighted by atomic mass is 16.2. The Morgan fingerprint density at radius 1 is 1.17 bits per heavy atom. The molecule has 2 aromatic rings. The van der Waals surface area contributed by atoms with E-state index in [-0.39, 0.29) is 6.03 Å². The van der Waals surface area contributed by atoms with E-state index in [4.69, 9.17) is 0 Å². The van der Waals surface area contributed by atoms with Crippen LogP contribution in [0.5, 0.6) is 0 Å². The number of carbonyl (C=O) groups excluding carboxylic acids is 1. The summed E-state index contributed by atoms with van der Waals surface area (Å²) in [6.45, 7) is 3.99. The van der Waals surface area contributed by atoms with E-state index >= 15 is 0 Å². The van der Waals surface area contributed by atoms with Crippen LogP contribution in [0.1, 0.15) is 11.1 Å². The smallest absolute Gasteiger partial charge is 0.308 e. The van der Waals surface area contributed by atoms with Crippen molar-refractivity contribution in [3.05, 3.63) is 41.6 Å². The van der Waals surface area contributed by atoms with E-state index in [9.17, 15) is 4.79 Å². The predicted octanol–water partition coefficient (Wildman–Crippen LogP) is 2.68. The van der Waals surface area contributed by atoms with Gasteiger partial charge in [0.25, 0.3) is 0 Å². The monoisotopic (exact) mass is 244 g/mol. The van der Waals surface area contributed by atoms with Gasteiger partial charge in [-0.2, -0.15) is 5.10 Å². The van der Waals surface area contributed by atoms with Gasteiger partial charge in [-0.1, -0.05) is 6.07 Å². The lowest BCUT2D eigenvalue weighted by molar-refractivity contribution is 0.262. The first-order valence-corrected chi connectivity index (χ1v) is 5.69. The van der Waals surface area contributed by atoms with Crippen LogP contribution in [-0.4, -0.2) is 15.8 Å². The summed E-state index contributed by atoms with van der Waals surface area (Å²) in [6, 6.07) is 7.38. The van der Waals surface area contributed by atoms with E-state index in [1.165, 1.54) is 0 Å². The van der Waals surface area contributed by atoms with Gasteiger partial charge in [-0.05, 0) is 37.1 Å². The van der Waals surface area contributed by atoms with E-state index in [0.29, 0.717) is 5.82 Å². The van der Waals surface area contributed by atoms with Crippen LogP contribution in [0.2, 0.25) is 0 Å². The highest BCUT2D eigenvalue weighted by molar-refractivity contribution is 5.99. The Hall–Kier alpha value is -2.30. The van der Waals surface area contributed by atoms with Gasteiger partial charge >= 0.3 is 6.03 Å². The second kappa shape index (κ2) is 4.91. The number of hydrogen-bond donors (Lipinski definition) is 2. The summed E-state index contributed by atoms with van der Waals surface area (Å²) in [5.41, 5.74) is 3.02. The van der Waals surface area contributed by atoms with E-state index in [1.54, 1.807) is 24.0 Å². The quantitative estimate of drug-likeness (QED) is 0.853. The maximum Gasteiger partial charge on any atom is 0.324 e. The van der Waals surface area contributed by atoms with Gasteiger partial charge in [-0.15, -0.1) is 0 Å². The van der Waals surface area contributed by atoms with Crippen molar-refractivity contribution in [3.63, 3.8) is 0 Å². The van der Waals surface area contributed by atoms with Crippen molar-refractivity contribution < 1.29 is 4.79 Å². The zero-order valence-corrected chi connectivity index (χ0v) is 10.7. The van der Waals surface area contributed by atoms with Gasteiger partial charge in [0.1, 0.15) is 5.82 Å². The van der Waals surface area contributed by atoms with Gasteiger partial charge in [0.2, 0.25) is 0 Å². The van der Waals surface area contributed by atoms with Crippen LogP contribution in [0, 0.1) is 13.8 Å². The minimum absolute atomic E-state index is 0.274. The number of amides is 2. The van der Waals surface area contributed by atoms with Crippen molar-refractivity contribution in [2.24, 2.45) is 7.05 Å². The van der Waals surface area contributed by atoms with Crippen molar-refractivity contribution in [1.82, 2.24) is 9.78 Å². The van der Waals surface area contributed by atoms with Crippen molar-refractivity contribution in [1.29, 1.82) is 0 Å². The molecule has 0 spiro atoms. The second-order valence-electron chi connectivity index (χ2n) is 4.30. The van der Waals surface area contributed by atoms with Crippen LogP contribution < -0.4 is 10.6 Å². The highest BCUT2D eigenvalue weighted by Gasteiger charge is 2.05. The molecule has 94 valence electrons. The largest absolute Gasteiger partial charge is 0.324 e. The summed E-state index contributed by atoms with van der Waals surface area (Å²) < 4.78 is 1.60. The van der Waals surface area contributed by atoms with Gasteiger partial charge < -0.3 is 5.32 Å². The lowest BCUT2D eigenvalue weighted by Crippen LogP contribution is -2.21. The van der Waals surface area contributed by atoms with Crippen molar-refractivity contribution in [3.8, 4) is 0 Å². The third-order valence-electron chi connectivity index (χ3n) is 2.54. The van der Waals surface area contributed by atoms with Crippen LogP contribution in [0.4, 0.5) is 16.3 Å². The zero-order valence-electron chi connectivity index (χ0n) is 10.7. The van der Waals surface area contributed by atoms with Crippen LogP contribution in [0.25, 0.3) is 0 Å². The number of nitrogens with one attached hydrogen (secondary N) is 2. The maximum atomic E-state index is 11.8. The Kier molecular flexibility index (Phi) is 3.32. The summed E-state index contributed by atoms with van der Waals surface area (Å²) in [4.78, 5) is 11.8. The fourth-order valence-electron chi connectivity index (χ4n) is 1.82. The molecule has 0 fully saturated rings. The molecule has 2 N–H and O–H groups in total. The van der Waals surface area contributed by atoms with Gasteiger partial charge in [0.05, 0.1) is 6.20 Å². The van der Waals surface area contributed by atoms with Crippen LogP contribution in [0.3, 0.4) is 0 Å². The summed E-state index contributed by atoms with van der Waals surface area (Å²) in [7, 11) is 1.77. The minimum atomic E-state index is -0.274. The van der Waals surface area contributed by atoms with E-state index in [2.05, 4.69) is 21.8 Å². The zero-order chi connectivity index (χ0) is 13.1. The molecule has 2 rings (SSSR count). The topological polar surface area (TPSA) is 59.0 Å². The number of urea groups is 1. The molecule has 2 amide bonds.